The summed E-state index contributed by atoms with van der Waals surface area (Å²) in [5, 5.41) is 8.26. The van der Waals surface area contributed by atoms with Crippen LogP contribution in [0.25, 0.3) is 0 Å². The van der Waals surface area contributed by atoms with E-state index in [2.05, 4.69) is 41.8 Å². The summed E-state index contributed by atoms with van der Waals surface area (Å²) in [6.45, 7) is 1.02. The third kappa shape index (κ3) is 6.21. The van der Waals surface area contributed by atoms with Gasteiger partial charge in [0.2, 0.25) is 5.91 Å². The van der Waals surface area contributed by atoms with Crippen molar-refractivity contribution < 1.29 is 19.1 Å². The van der Waals surface area contributed by atoms with Crippen LogP contribution >= 0.6 is 15.9 Å². The number of carbonyl (C=O) groups excluding carboxylic acids is 3. The standard InChI is InChI=1S/C23H23BrN6O4/c24-15-1-3-17(4-2-15)28-23(33)29-20(11-18-12-25-14-26-18)22(32)27-16-5-7-19(8-6-16)30-9-10-34-13-21(30)31/h1-8,12,14,20H,9-11,13H2,(H,25,26)(H,27,32)(H2,28,29,33)/t20-/m1/s1. The largest absolute Gasteiger partial charge is 0.370 e. The molecule has 4 N–H and O–H groups in total. The fourth-order valence-electron chi connectivity index (χ4n) is 3.43. The quantitative estimate of drug-likeness (QED) is 0.376. The van der Waals surface area contributed by atoms with Gasteiger partial charge in [0.15, 0.2) is 0 Å². The fraction of sp³-hybridized carbons (Fsp3) is 0.217. The Morgan fingerprint density at radius 2 is 1.79 bits per heavy atom. The SMILES string of the molecule is O=C(Nc1ccc(Br)cc1)N[C@H](Cc1cnc[nH]1)C(=O)Nc1ccc(N2CCOCC2=O)cc1. The van der Waals surface area contributed by atoms with Crippen molar-refractivity contribution in [3.05, 3.63) is 71.2 Å². The molecule has 0 radical (unpaired) electrons. The lowest BCUT2D eigenvalue weighted by Gasteiger charge is -2.27. The second kappa shape index (κ2) is 10.9. The van der Waals surface area contributed by atoms with E-state index in [0.29, 0.717) is 30.2 Å². The maximum absolute atomic E-state index is 13.0. The summed E-state index contributed by atoms with van der Waals surface area (Å²) in [6, 6.07) is 12.7. The van der Waals surface area contributed by atoms with Crippen molar-refractivity contribution in [3.8, 4) is 0 Å². The van der Waals surface area contributed by atoms with E-state index in [4.69, 9.17) is 4.74 Å². The third-order valence-corrected chi connectivity index (χ3v) is 5.66. The van der Waals surface area contributed by atoms with Gasteiger partial charge in [0.25, 0.3) is 5.91 Å². The maximum atomic E-state index is 13.0. The second-order valence-corrected chi connectivity index (χ2v) is 8.49. The number of nitrogens with one attached hydrogen (secondary N) is 4. The molecule has 1 aliphatic heterocycles. The summed E-state index contributed by atoms with van der Waals surface area (Å²) in [5.74, 6) is -0.501. The molecule has 1 aliphatic rings. The number of morpholine rings is 1. The van der Waals surface area contributed by atoms with E-state index < -0.39 is 18.0 Å². The van der Waals surface area contributed by atoms with Crippen molar-refractivity contribution in [2.24, 2.45) is 0 Å². The van der Waals surface area contributed by atoms with Gasteiger partial charge in [-0.15, -0.1) is 0 Å². The number of rotatable bonds is 7. The van der Waals surface area contributed by atoms with Crippen LogP contribution in [0.2, 0.25) is 0 Å². The lowest BCUT2D eigenvalue weighted by atomic mass is 10.1. The van der Waals surface area contributed by atoms with Crippen LogP contribution in [-0.2, 0) is 20.7 Å². The molecule has 0 unspecified atom stereocenters. The molecule has 176 valence electrons. The van der Waals surface area contributed by atoms with Crippen molar-refractivity contribution >= 4 is 50.8 Å². The third-order valence-electron chi connectivity index (χ3n) is 5.14. The first-order valence-corrected chi connectivity index (χ1v) is 11.4. The first-order chi connectivity index (χ1) is 16.5. The highest BCUT2D eigenvalue weighted by Gasteiger charge is 2.23. The number of carbonyl (C=O) groups is 3. The molecule has 1 saturated heterocycles. The number of imidazole rings is 1. The highest BCUT2D eigenvalue weighted by molar-refractivity contribution is 9.10. The Labute approximate surface area is 204 Å². The summed E-state index contributed by atoms with van der Waals surface area (Å²) in [4.78, 5) is 46.2. The van der Waals surface area contributed by atoms with Crippen LogP contribution in [0, 0.1) is 0 Å². The molecule has 0 spiro atoms. The highest BCUT2D eigenvalue weighted by Crippen LogP contribution is 2.20. The van der Waals surface area contributed by atoms with E-state index in [1.807, 2.05) is 0 Å². The van der Waals surface area contributed by atoms with E-state index >= 15 is 0 Å². The molecule has 4 rings (SSSR count). The Morgan fingerprint density at radius 1 is 1.09 bits per heavy atom. The van der Waals surface area contributed by atoms with Crippen LogP contribution in [-0.4, -0.2) is 53.6 Å². The first-order valence-electron chi connectivity index (χ1n) is 10.6. The number of urea groups is 1. The van der Waals surface area contributed by atoms with Crippen molar-refractivity contribution in [3.63, 3.8) is 0 Å². The van der Waals surface area contributed by atoms with Gasteiger partial charge in [-0.3, -0.25) is 9.59 Å². The number of aromatic amines is 1. The topological polar surface area (TPSA) is 128 Å². The number of H-pyrrole nitrogens is 1. The van der Waals surface area contributed by atoms with Gasteiger partial charge in [-0.2, -0.15) is 0 Å². The molecule has 2 heterocycles. The van der Waals surface area contributed by atoms with Crippen LogP contribution < -0.4 is 20.9 Å². The predicted molar refractivity (Wildman–Crippen MR) is 131 cm³/mol. The van der Waals surface area contributed by atoms with E-state index in [9.17, 15) is 14.4 Å². The predicted octanol–water partition coefficient (Wildman–Crippen LogP) is 2.91. The average Bonchev–Trinajstić information content (AvgIpc) is 3.34. The average molecular weight is 527 g/mol. The molecule has 2 aromatic carbocycles. The lowest BCUT2D eigenvalue weighted by molar-refractivity contribution is -0.125. The summed E-state index contributed by atoms with van der Waals surface area (Å²) in [5.41, 5.74) is 2.56. The van der Waals surface area contributed by atoms with Crippen LogP contribution in [0.1, 0.15) is 5.69 Å². The number of halogens is 1. The molecule has 11 heteroatoms. The van der Waals surface area contributed by atoms with Crippen molar-refractivity contribution in [2.45, 2.75) is 12.5 Å². The molecule has 1 fully saturated rings. The number of ether oxygens (including phenoxy) is 1. The van der Waals surface area contributed by atoms with Crippen LogP contribution in [0.3, 0.4) is 0 Å². The zero-order chi connectivity index (χ0) is 23.9. The minimum absolute atomic E-state index is 0.0573. The number of amides is 4. The van der Waals surface area contributed by atoms with E-state index in [1.165, 1.54) is 6.33 Å². The maximum Gasteiger partial charge on any atom is 0.319 e. The zero-order valence-corrected chi connectivity index (χ0v) is 19.7. The Bertz CT molecular complexity index is 1140. The Hall–Kier alpha value is -3.70. The summed E-state index contributed by atoms with van der Waals surface area (Å²) in [7, 11) is 0. The molecule has 1 atom stereocenters. The van der Waals surface area contributed by atoms with E-state index in [-0.39, 0.29) is 18.9 Å². The zero-order valence-electron chi connectivity index (χ0n) is 18.1. The van der Waals surface area contributed by atoms with Gasteiger partial charge >= 0.3 is 6.03 Å². The number of anilines is 3. The molecule has 0 aliphatic carbocycles. The van der Waals surface area contributed by atoms with Gasteiger partial charge < -0.3 is 30.6 Å². The first kappa shape index (κ1) is 23.5. The van der Waals surface area contributed by atoms with E-state index in [0.717, 1.165) is 10.2 Å². The number of aromatic nitrogens is 2. The molecule has 0 saturated carbocycles. The van der Waals surface area contributed by atoms with Crippen molar-refractivity contribution in [2.75, 3.05) is 35.3 Å². The Morgan fingerprint density at radius 3 is 2.47 bits per heavy atom. The van der Waals surface area contributed by atoms with Gasteiger partial charge in [-0.1, -0.05) is 15.9 Å². The second-order valence-electron chi connectivity index (χ2n) is 7.57. The Balaban J connectivity index is 1.42. The molecule has 0 bridgehead atoms. The summed E-state index contributed by atoms with van der Waals surface area (Å²) < 4.78 is 6.04. The number of hydrogen-bond acceptors (Lipinski definition) is 5. The molecule has 10 nitrogen and oxygen atoms in total. The van der Waals surface area contributed by atoms with Crippen LogP contribution in [0.4, 0.5) is 21.9 Å². The molecule has 1 aromatic heterocycles. The summed E-state index contributed by atoms with van der Waals surface area (Å²) >= 11 is 3.35. The fourth-order valence-corrected chi connectivity index (χ4v) is 3.69. The smallest absolute Gasteiger partial charge is 0.319 e. The molecule has 4 amide bonds. The van der Waals surface area contributed by atoms with Gasteiger partial charge in [-0.05, 0) is 48.5 Å². The van der Waals surface area contributed by atoms with Crippen LogP contribution in [0.5, 0.6) is 0 Å². The monoisotopic (exact) mass is 526 g/mol. The van der Waals surface area contributed by atoms with Gasteiger partial charge in [0, 0.05) is 46.4 Å². The molecular formula is C23H23BrN6O4. The number of benzene rings is 2. The van der Waals surface area contributed by atoms with Gasteiger partial charge in [-0.25, -0.2) is 9.78 Å². The number of nitrogens with zero attached hydrogens (tertiary/aromatic N) is 2. The molecule has 34 heavy (non-hydrogen) atoms. The van der Waals surface area contributed by atoms with Gasteiger partial charge in [0.1, 0.15) is 12.6 Å². The van der Waals surface area contributed by atoms with Gasteiger partial charge in [0.05, 0.1) is 12.9 Å². The minimum Gasteiger partial charge on any atom is -0.370 e. The minimum atomic E-state index is -0.864. The van der Waals surface area contributed by atoms with Crippen LogP contribution in [0.15, 0.2) is 65.5 Å². The van der Waals surface area contributed by atoms with E-state index in [1.54, 1.807) is 59.6 Å². The van der Waals surface area contributed by atoms with Crippen molar-refractivity contribution in [1.82, 2.24) is 15.3 Å². The normalized spacial score (nSPS) is 14.4. The molecular weight excluding hydrogens is 504 g/mol. The highest BCUT2D eigenvalue weighted by atomic mass is 79.9. The van der Waals surface area contributed by atoms with Crippen molar-refractivity contribution in [1.29, 1.82) is 0 Å². The number of hydrogen-bond donors (Lipinski definition) is 4. The molecule has 3 aromatic rings. The lowest BCUT2D eigenvalue weighted by Crippen LogP contribution is -2.47. The summed E-state index contributed by atoms with van der Waals surface area (Å²) in [6.07, 6.45) is 3.33. The Kier molecular flexibility index (Phi) is 7.55.